The van der Waals surface area contributed by atoms with Gasteiger partial charge < -0.3 is 20.1 Å². The van der Waals surface area contributed by atoms with Crippen molar-refractivity contribution in [2.45, 2.75) is 38.8 Å². The highest BCUT2D eigenvalue weighted by Gasteiger charge is 2.43. The molecule has 0 bridgehead atoms. The van der Waals surface area contributed by atoms with E-state index in [9.17, 15) is 14.4 Å². The summed E-state index contributed by atoms with van der Waals surface area (Å²) in [6.07, 6.45) is -0.521. The first-order chi connectivity index (χ1) is 14.3. The number of hydrogen-bond donors (Lipinski definition) is 1. The number of nitrogens with two attached hydrogens (primary N) is 1. The number of ether oxygens (including phenoxy) is 2. The first kappa shape index (κ1) is 21.4. The lowest BCUT2D eigenvalue weighted by molar-refractivity contribution is -0.159. The molecule has 1 fully saturated rings. The van der Waals surface area contributed by atoms with Crippen molar-refractivity contribution >= 4 is 23.5 Å². The summed E-state index contributed by atoms with van der Waals surface area (Å²) < 4.78 is 10.5. The van der Waals surface area contributed by atoms with Crippen molar-refractivity contribution in [3.63, 3.8) is 0 Å². The number of carbonyl (C=O) groups is 3. The van der Waals surface area contributed by atoms with E-state index in [0.717, 1.165) is 11.1 Å². The highest BCUT2D eigenvalue weighted by Crippen LogP contribution is 2.41. The number of esters is 1. The lowest BCUT2D eigenvalue weighted by atomic mass is 9.83. The molecule has 2 aromatic carbocycles. The molecule has 1 aliphatic rings. The molecule has 2 N–H and O–H groups in total. The van der Waals surface area contributed by atoms with Crippen molar-refractivity contribution in [2.75, 3.05) is 12.0 Å². The number of piperidine rings is 1. The van der Waals surface area contributed by atoms with Crippen LogP contribution >= 0.6 is 0 Å². The molecule has 0 saturated carbocycles. The van der Waals surface area contributed by atoms with E-state index >= 15 is 0 Å². The fourth-order valence-corrected chi connectivity index (χ4v) is 3.65. The zero-order chi connectivity index (χ0) is 21.8. The Morgan fingerprint density at radius 1 is 1.10 bits per heavy atom. The fourth-order valence-electron chi connectivity index (χ4n) is 3.65. The average molecular weight is 410 g/mol. The molecule has 3 rings (SSSR count). The van der Waals surface area contributed by atoms with Crippen molar-refractivity contribution in [1.29, 1.82) is 0 Å². The molecular formula is C23H26N2O5. The zero-order valence-corrected chi connectivity index (χ0v) is 17.3. The molecule has 7 heteroatoms. The second-order valence-corrected chi connectivity index (χ2v) is 7.44. The van der Waals surface area contributed by atoms with Gasteiger partial charge >= 0.3 is 5.97 Å². The van der Waals surface area contributed by atoms with Crippen LogP contribution in [0.1, 0.15) is 36.9 Å². The number of nitrogens with zero attached hydrogens (tertiary/aromatic N) is 1. The van der Waals surface area contributed by atoms with E-state index in [1.54, 1.807) is 24.1 Å². The molecule has 0 aliphatic carbocycles. The third-order valence-electron chi connectivity index (χ3n) is 5.36. The molecular weight excluding hydrogens is 384 g/mol. The van der Waals surface area contributed by atoms with Crippen molar-refractivity contribution in [1.82, 2.24) is 0 Å². The molecule has 1 saturated heterocycles. The van der Waals surface area contributed by atoms with Crippen LogP contribution in [-0.2, 0) is 19.1 Å². The van der Waals surface area contributed by atoms with E-state index in [0.29, 0.717) is 17.9 Å². The summed E-state index contributed by atoms with van der Waals surface area (Å²) in [5, 5.41) is 0. The number of rotatable bonds is 6. The normalized spacial score (nSPS) is 19.8. The van der Waals surface area contributed by atoms with E-state index in [1.165, 1.54) is 6.92 Å². The lowest BCUT2D eigenvalue weighted by Gasteiger charge is -2.40. The molecule has 2 aromatic rings. The maximum atomic E-state index is 13.0. The lowest BCUT2D eigenvalue weighted by Crippen LogP contribution is -2.47. The minimum absolute atomic E-state index is 0.0772. The van der Waals surface area contributed by atoms with E-state index < -0.39 is 29.9 Å². The Hall–Kier alpha value is -3.35. The minimum atomic E-state index is -1.04. The van der Waals surface area contributed by atoms with Crippen LogP contribution in [0.2, 0.25) is 0 Å². The van der Waals surface area contributed by atoms with Gasteiger partial charge in [0.15, 0.2) is 6.10 Å². The van der Waals surface area contributed by atoms with Gasteiger partial charge in [-0.1, -0.05) is 29.8 Å². The van der Waals surface area contributed by atoms with E-state index in [2.05, 4.69) is 0 Å². The van der Waals surface area contributed by atoms with E-state index in [1.807, 2.05) is 43.3 Å². The van der Waals surface area contributed by atoms with Crippen LogP contribution < -0.4 is 15.4 Å². The largest absolute Gasteiger partial charge is 0.497 e. The van der Waals surface area contributed by atoms with Crippen molar-refractivity contribution in [3.05, 3.63) is 59.7 Å². The van der Waals surface area contributed by atoms with Gasteiger partial charge in [-0.3, -0.25) is 14.4 Å². The summed E-state index contributed by atoms with van der Waals surface area (Å²) in [5.74, 6) is -1.31. The quantitative estimate of drug-likeness (QED) is 0.738. The SMILES string of the molecule is COc1ccc([C@@H]2[C@@H](C(=O)O[C@@H](C)C(N)=O)CCC(=O)N2c2ccc(C)cc2)cc1. The number of aryl methyl sites for hydroxylation is 1. The van der Waals surface area contributed by atoms with Crippen LogP contribution in [0.15, 0.2) is 48.5 Å². The van der Waals surface area contributed by atoms with Gasteiger partial charge in [0.2, 0.25) is 5.91 Å². The molecule has 0 aromatic heterocycles. The average Bonchev–Trinajstić information content (AvgIpc) is 2.74. The van der Waals surface area contributed by atoms with E-state index in [4.69, 9.17) is 15.2 Å². The Balaban J connectivity index is 2.03. The second-order valence-electron chi connectivity index (χ2n) is 7.44. The molecule has 2 amide bonds. The van der Waals surface area contributed by atoms with Gasteiger partial charge in [0.1, 0.15) is 5.75 Å². The van der Waals surface area contributed by atoms with Crippen molar-refractivity contribution in [3.8, 4) is 5.75 Å². The highest BCUT2D eigenvalue weighted by molar-refractivity contribution is 5.97. The number of primary amides is 1. The predicted octanol–water partition coefficient (Wildman–Crippen LogP) is 2.90. The van der Waals surface area contributed by atoms with Crippen LogP contribution in [0.4, 0.5) is 5.69 Å². The monoisotopic (exact) mass is 410 g/mol. The topological polar surface area (TPSA) is 98.9 Å². The molecule has 158 valence electrons. The number of hydrogen-bond acceptors (Lipinski definition) is 5. The van der Waals surface area contributed by atoms with Crippen LogP contribution in [-0.4, -0.2) is 31.0 Å². The molecule has 1 heterocycles. The van der Waals surface area contributed by atoms with Gasteiger partial charge in [-0.2, -0.15) is 0 Å². The summed E-state index contributed by atoms with van der Waals surface area (Å²) in [5.41, 5.74) is 7.79. The third-order valence-corrected chi connectivity index (χ3v) is 5.36. The van der Waals surface area contributed by atoms with Gasteiger partial charge in [-0.15, -0.1) is 0 Å². The highest BCUT2D eigenvalue weighted by atomic mass is 16.5. The van der Waals surface area contributed by atoms with Gasteiger partial charge in [-0.25, -0.2) is 0 Å². The number of anilines is 1. The van der Waals surface area contributed by atoms with Gasteiger partial charge in [0.25, 0.3) is 5.91 Å². The van der Waals surface area contributed by atoms with Crippen LogP contribution in [0.5, 0.6) is 5.75 Å². The number of amides is 2. The van der Waals surface area contributed by atoms with E-state index in [-0.39, 0.29) is 12.3 Å². The number of carbonyl (C=O) groups excluding carboxylic acids is 3. The van der Waals surface area contributed by atoms with Gasteiger partial charge in [0, 0.05) is 12.1 Å². The Bertz CT molecular complexity index is 924. The Morgan fingerprint density at radius 3 is 2.30 bits per heavy atom. The summed E-state index contributed by atoms with van der Waals surface area (Å²) >= 11 is 0. The molecule has 30 heavy (non-hydrogen) atoms. The number of methoxy groups -OCH3 is 1. The summed E-state index contributed by atoms with van der Waals surface area (Å²) in [6.45, 7) is 3.41. The molecule has 3 atom stereocenters. The van der Waals surface area contributed by atoms with Gasteiger partial charge in [-0.05, 0) is 50.1 Å². The Morgan fingerprint density at radius 2 is 1.73 bits per heavy atom. The maximum absolute atomic E-state index is 13.0. The van der Waals surface area contributed by atoms with Crippen LogP contribution in [0, 0.1) is 12.8 Å². The Kier molecular flexibility index (Phi) is 6.40. The summed E-state index contributed by atoms with van der Waals surface area (Å²) in [4.78, 5) is 38.9. The predicted molar refractivity (Wildman–Crippen MR) is 112 cm³/mol. The van der Waals surface area contributed by atoms with Crippen molar-refractivity contribution in [2.24, 2.45) is 11.7 Å². The zero-order valence-electron chi connectivity index (χ0n) is 17.3. The molecule has 0 radical (unpaired) electrons. The van der Waals surface area contributed by atoms with Crippen LogP contribution in [0.25, 0.3) is 0 Å². The van der Waals surface area contributed by atoms with Crippen molar-refractivity contribution < 1.29 is 23.9 Å². The standard InChI is InChI=1S/C23H26N2O5/c1-14-4-8-17(9-5-14)25-20(26)13-12-19(23(28)30-15(2)22(24)27)21(25)16-6-10-18(29-3)11-7-16/h4-11,15,19,21H,12-13H2,1-3H3,(H2,24,27)/t15-,19-,21+/m0/s1. The third kappa shape index (κ3) is 4.45. The molecule has 0 unspecified atom stereocenters. The molecule has 0 spiro atoms. The Labute approximate surface area is 175 Å². The first-order valence-corrected chi connectivity index (χ1v) is 9.84. The molecule has 7 nitrogen and oxygen atoms in total. The first-order valence-electron chi connectivity index (χ1n) is 9.84. The van der Waals surface area contributed by atoms with Gasteiger partial charge in [0.05, 0.1) is 19.1 Å². The van der Waals surface area contributed by atoms with Crippen LogP contribution in [0.3, 0.4) is 0 Å². The fraction of sp³-hybridized carbons (Fsp3) is 0.348. The minimum Gasteiger partial charge on any atom is -0.497 e. The molecule has 1 aliphatic heterocycles. The summed E-state index contributed by atoms with van der Waals surface area (Å²) in [6, 6.07) is 14.2. The maximum Gasteiger partial charge on any atom is 0.312 e. The smallest absolute Gasteiger partial charge is 0.312 e. The number of benzene rings is 2. The summed E-state index contributed by atoms with van der Waals surface area (Å²) in [7, 11) is 1.57. The second kappa shape index (κ2) is 8.98.